The topological polar surface area (TPSA) is 175 Å². The Morgan fingerprint density at radius 3 is 2.29 bits per heavy atom. The molecular weight excluding hydrogens is 520 g/mol. The van der Waals surface area contributed by atoms with E-state index in [1.54, 1.807) is 37.3 Å². The molecule has 1 unspecified atom stereocenters. The molecule has 196 valence electrons. The molecule has 0 radical (unpaired) electrons. The number of ether oxygens (including phenoxy) is 3. The quantitative estimate of drug-likeness (QED) is 0.236. The van der Waals surface area contributed by atoms with Gasteiger partial charge >= 0.3 is 17.9 Å². The Balaban J connectivity index is 2.49. The molecule has 0 saturated heterocycles. The molecule has 0 spiro atoms. The van der Waals surface area contributed by atoms with Crippen LogP contribution in [0.15, 0.2) is 65.1 Å². The molecule has 1 atom stereocenters. The standard InChI is InChI=1S/C25H21ClN4O8/c1-4-38-23(31)14-10-16(26)20(17(11-14)30(34)35)29-21(25(33)37-3)19(24(32)36-2)18(15(12-27)22(29)28)13-8-6-5-7-9-13/h5-11,18H,4,28H2,1-3H3. The fraction of sp³-hybridized carbons (Fsp3) is 0.200. The second-order valence-corrected chi connectivity index (χ2v) is 8.05. The minimum atomic E-state index is -1.18. The molecule has 1 aliphatic heterocycles. The third-order valence-electron chi connectivity index (χ3n) is 5.59. The van der Waals surface area contributed by atoms with E-state index in [9.17, 15) is 29.8 Å². The number of allylic oxidation sites excluding steroid dienone is 1. The van der Waals surface area contributed by atoms with E-state index in [4.69, 9.17) is 31.5 Å². The highest BCUT2D eigenvalue weighted by Gasteiger charge is 2.45. The van der Waals surface area contributed by atoms with Crippen LogP contribution in [-0.4, -0.2) is 43.7 Å². The second-order valence-electron chi connectivity index (χ2n) is 7.64. The van der Waals surface area contributed by atoms with Crippen LogP contribution in [0.1, 0.15) is 28.8 Å². The van der Waals surface area contributed by atoms with Gasteiger partial charge in [0.2, 0.25) is 0 Å². The maximum atomic E-state index is 13.2. The van der Waals surface area contributed by atoms with Gasteiger partial charge in [0.05, 0.1) is 59.5 Å². The van der Waals surface area contributed by atoms with Crippen LogP contribution < -0.4 is 10.6 Å². The van der Waals surface area contributed by atoms with E-state index < -0.39 is 56.7 Å². The van der Waals surface area contributed by atoms with Crippen LogP contribution >= 0.6 is 11.6 Å². The smallest absolute Gasteiger partial charge is 0.355 e. The number of nitrogens with zero attached hydrogens (tertiary/aromatic N) is 3. The summed E-state index contributed by atoms with van der Waals surface area (Å²) in [5, 5.41) is 21.8. The lowest BCUT2D eigenvalue weighted by Crippen LogP contribution is -2.41. The van der Waals surface area contributed by atoms with Crippen LogP contribution in [0.4, 0.5) is 11.4 Å². The zero-order valence-corrected chi connectivity index (χ0v) is 21.1. The molecule has 2 aromatic carbocycles. The van der Waals surface area contributed by atoms with Gasteiger partial charge in [0.1, 0.15) is 17.2 Å². The molecule has 38 heavy (non-hydrogen) atoms. The van der Waals surface area contributed by atoms with Crippen molar-refractivity contribution in [2.24, 2.45) is 5.73 Å². The zero-order valence-electron chi connectivity index (χ0n) is 20.4. The fourth-order valence-corrected chi connectivity index (χ4v) is 4.32. The molecule has 0 amide bonds. The van der Waals surface area contributed by atoms with E-state index in [0.717, 1.165) is 31.3 Å². The van der Waals surface area contributed by atoms with Gasteiger partial charge in [0.15, 0.2) is 0 Å². The van der Waals surface area contributed by atoms with Gasteiger partial charge < -0.3 is 19.9 Å². The molecule has 12 nitrogen and oxygen atoms in total. The van der Waals surface area contributed by atoms with Crippen LogP contribution in [0.3, 0.4) is 0 Å². The van der Waals surface area contributed by atoms with Crippen molar-refractivity contribution in [1.29, 1.82) is 5.26 Å². The van der Waals surface area contributed by atoms with Gasteiger partial charge in [-0.05, 0) is 18.6 Å². The monoisotopic (exact) mass is 540 g/mol. The van der Waals surface area contributed by atoms with E-state index >= 15 is 0 Å². The van der Waals surface area contributed by atoms with Crippen molar-refractivity contribution in [3.63, 3.8) is 0 Å². The first-order valence-corrected chi connectivity index (χ1v) is 11.3. The Morgan fingerprint density at radius 1 is 1.13 bits per heavy atom. The molecule has 0 fully saturated rings. The van der Waals surface area contributed by atoms with Crippen LogP contribution in [-0.2, 0) is 23.8 Å². The van der Waals surface area contributed by atoms with Gasteiger partial charge in [0.25, 0.3) is 5.69 Å². The van der Waals surface area contributed by atoms with Crippen LogP contribution in [0, 0.1) is 21.4 Å². The van der Waals surface area contributed by atoms with Gasteiger partial charge in [0, 0.05) is 6.07 Å². The summed E-state index contributed by atoms with van der Waals surface area (Å²) in [4.78, 5) is 50.7. The van der Waals surface area contributed by atoms with Gasteiger partial charge in [-0.25, -0.2) is 14.4 Å². The predicted octanol–water partition coefficient (Wildman–Crippen LogP) is 3.32. The number of hydrogen-bond acceptors (Lipinski definition) is 11. The molecule has 0 aromatic heterocycles. The van der Waals surface area contributed by atoms with Crippen molar-refractivity contribution in [3.8, 4) is 6.07 Å². The summed E-state index contributed by atoms with van der Waals surface area (Å²) in [6.45, 7) is 1.55. The van der Waals surface area contributed by atoms with E-state index in [2.05, 4.69) is 0 Å². The summed E-state index contributed by atoms with van der Waals surface area (Å²) in [6.07, 6.45) is 0. The van der Waals surface area contributed by atoms with E-state index in [1.165, 1.54) is 0 Å². The van der Waals surface area contributed by atoms with Crippen molar-refractivity contribution in [3.05, 3.63) is 91.4 Å². The summed E-state index contributed by atoms with van der Waals surface area (Å²) in [5.41, 5.74) is 4.16. The lowest BCUT2D eigenvalue weighted by molar-refractivity contribution is -0.384. The second kappa shape index (κ2) is 11.4. The van der Waals surface area contributed by atoms with E-state index in [1.807, 2.05) is 6.07 Å². The van der Waals surface area contributed by atoms with Gasteiger partial charge in [-0.15, -0.1) is 0 Å². The van der Waals surface area contributed by atoms with Crippen LogP contribution in [0.5, 0.6) is 0 Å². The molecule has 1 heterocycles. The number of nitrogens with two attached hydrogens (primary N) is 1. The summed E-state index contributed by atoms with van der Waals surface area (Å²) in [6, 6.07) is 12.1. The first-order chi connectivity index (χ1) is 18.1. The number of anilines is 1. The predicted molar refractivity (Wildman–Crippen MR) is 134 cm³/mol. The third kappa shape index (κ3) is 4.87. The van der Waals surface area contributed by atoms with Crippen molar-refractivity contribution in [1.82, 2.24) is 0 Å². The highest BCUT2D eigenvalue weighted by atomic mass is 35.5. The largest absolute Gasteiger partial charge is 0.466 e. The van der Waals surface area contributed by atoms with Gasteiger partial charge in [-0.2, -0.15) is 5.26 Å². The number of nitriles is 1. The number of benzene rings is 2. The Bertz CT molecular complexity index is 1430. The molecular formula is C25H21ClN4O8. The fourth-order valence-electron chi connectivity index (χ4n) is 4.02. The van der Waals surface area contributed by atoms with E-state index in [-0.39, 0.29) is 23.3 Å². The minimum Gasteiger partial charge on any atom is -0.466 e. The number of nitro benzene ring substituents is 1. The molecule has 2 N–H and O–H groups in total. The van der Waals surface area contributed by atoms with Crippen molar-refractivity contribution < 1.29 is 33.5 Å². The number of carbonyl (C=O) groups excluding carboxylic acids is 3. The normalized spacial score (nSPS) is 15.0. The number of nitro groups is 1. The van der Waals surface area contributed by atoms with Crippen molar-refractivity contribution in [2.45, 2.75) is 12.8 Å². The lowest BCUT2D eigenvalue weighted by atomic mass is 9.81. The maximum absolute atomic E-state index is 13.2. The van der Waals surface area contributed by atoms with E-state index in [0.29, 0.717) is 5.56 Å². The first kappa shape index (κ1) is 27.7. The number of hydrogen-bond donors (Lipinski definition) is 1. The minimum absolute atomic E-state index is 0.00205. The third-order valence-corrected chi connectivity index (χ3v) is 5.87. The molecule has 1 aliphatic rings. The average molecular weight is 541 g/mol. The molecule has 13 heteroatoms. The Labute approximate surface area is 221 Å². The summed E-state index contributed by atoms with van der Waals surface area (Å²) in [5.74, 6) is -4.64. The van der Waals surface area contributed by atoms with Crippen LogP contribution in [0.2, 0.25) is 5.02 Å². The molecule has 2 aromatic rings. The average Bonchev–Trinajstić information content (AvgIpc) is 2.91. The highest BCUT2D eigenvalue weighted by molar-refractivity contribution is 6.34. The molecule has 3 rings (SSSR count). The number of carbonyl (C=O) groups is 3. The zero-order chi connectivity index (χ0) is 28.1. The van der Waals surface area contributed by atoms with Gasteiger partial charge in [-0.1, -0.05) is 41.9 Å². The SMILES string of the molecule is CCOC(=O)c1cc(Cl)c(N2C(N)=C(C#N)C(c3ccccc3)C(C(=O)OC)=C2C(=O)OC)c([N+](=O)[O-])c1. The summed E-state index contributed by atoms with van der Waals surface area (Å²) >= 11 is 6.43. The number of esters is 3. The van der Waals surface area contributed by atoms with Crippen LogP contribution in [0.25, 0.3) is 0 Å². The Morgan fingerprint density at radius 2 is 1.76 bits per heavy atom. The Hall–Kier alpha value is -4.89. The maximum Gasteiger partial charge on any atom is 0.355 e. The molecule has 0 aliphatic carbocycles. The van der Waals surface area contributed by atoms with Crippen molar-refractivity contribution in [2.75, 3.05) is 25.7 Å². The highest BCUT2D eigenvalue weighted by Crippen LogP contribution is 2.47. The summed E-state index contributed by atoms with van der Waals surface area (Å²) in [7, 11) is 2.09. The summed E-state index contributed by atoms with van der Waals surface area (Å²) < 4.78 is 14.7. The number of methoxy groups -OCH3 is 2. The number of halogens is 1. The molecule has 0 bridgehead atoms. The first-order valence-electron chi connectivity index (χ1n) is 10.9. The number of rotatable bonds is 7. The lowest BCUT2D eigenvalue weighted by Gasteiger charge is -2.35. The molecule has 0 saturated carbocycles. The Kier molecular flexibility index (Phi) is 8.34. The van der Waals surface area contributed by atoms with Crippen molar-refractivity contribution >= 4 is 40.9 Å². The van der Waals surface area contributed by atoms with Gasteiger partial charge in [-0.3, -0.25) is 15.0 Å².